The highest BCUT2D eigenvalue weighted by Gasteiger charge is 2.26. The van der Waals surface area contributed by atoms with Gasteiger partial charge in [-0.3, -0.25) is 4.79 Å². The van der Waals surface area contributed by atoms with Crippen LogP contribution in [0.2, 0.25) is 0 Å². The molecule has 0 bridgehead atoms. The molecule has 33 heavy (non-hydrogen) atoms. The molecule has 1 fully saturated rings. The quantitative estimate of drug-likeness (QED) is 0.439. The number of nitrogens with one attached hydrogen (secondary N) is 2. The second kappa shape index (κ2) is 9.06. The number of morpholine rings is 1. The molecule has 0 spiro atoms. The van der Waals surface area contributed by atoms with Gasteiger partial charge in [-0.2, -0.15) is 4.31 Å². The summed E-state index contributed by atoms with van der Waals surface area (Å²) in [4.78, 5) is 21.0. The van der Waals surface area contributed by atoms with Crippen molar-refractivity contribution in [2.75, 3.05) is 26.3 Å². The molecule has 0 radical (unpaired) electrons. The van der Waals surface area contributed by atoms with Crippen molar-refractivity contribution in [3.63, 3.8) is 0 Å². The van der Waals surface area contributed by atoms with Crippen molar-refractivity contribution < 1.29 is 17.9 Å². The largest absolute Gasteiger partial charge is 0.379 e. The molecule has 4 heterocycles. The molecule has 1 amide bonds. The van der Waals surface area contributed by atoms with Gasteiger partial charge in [-0.25, -0.2) is 13.4 Å². The number of sulfonamides is 1. The van der Waals surface area contributed by atoms with E-state index in [4.69, 9.17) is 4.74 Å². The van der Waals surface area contributed by atoms with E-state index in [-0.39, 0.29) is 17.3 Å². The van der Waals surface area contributed by atoms with Gasteiger partial charge in [0.05, 0.1) is 23.0 Å². The Kier molecular flexibility index (Phi) is 5.98. The molecular weight excluding hydrogens is 460 g/mol. The molecule has 4 aromatic rings. The first-order chi connectivity index (χ1) is 16.0. The standard InChI is InChI=1S/C23H22N4O4S2/c28-23(21-12-17(15-32-21)20-14-25-22-19(20)5-2-6-24-22)26-13-16-3-1-4-18(11-16)33(29,30)27-7-9-31-10-8-27/h1-6,11-12,14-15H,7-10,13H2,(H,24,25)(H,26,28). The van der Waals surface area contributed by atoms with E-state index in [1.54, 1.807) is 30.5 Å². The Labute approximate surface area is 195 Å². The summed E-state index contributed by atoms with van der Waals surface area (Å²) in [5.74, 6) is -0.203. The van der Waals surface area contributed by atoms with Crippen LogP contribution >= 0.6 is 11.3 Å². The van der Waals surface area contributed by atoms with Crippen LogP contribution in [0.25, 0.3) is 22.2 Å². The minimum absolute atomic E-state index is 0.203. The third kappa shape index (κ3) is 4.42. The normalized spacial score (nSPS) is 15.0. The van der Waals surface area contributed by atoms with Crippen LogP contribution in [0.1, 0.15) is 15.2 Å². The Morgan fingerprint density at radius 2 is 2.03 bits per heavy atom. The van der Waals surface area contributed by atoms with E-state index in [0.29, 0.717) is 31.2 Å². The number of hydrogen-bond donors (Lipinski definition) is 2. The smallest absolute Gasteiger partial charge is 0.261 e. The van der Waals surface area contributed by atoms with Gasteiger partial charge in [-0.15, -0.1) is 11.3 Å². The molecule has 1 aromatic carbocycles. The fourth-order valence-corrected chi connectivity index (χ4v) is 6.11. The Balaban J connectivity index is 1.28. The number of aromatic amines is 1. The van der Waals surface area contributed by atoms with Crippen molar-refractivity contribution in [2.24, 2.45) is 0 Å². The molecule has 2 N–H and O–H groups in total. The molecule has 3 aromatic heterocycles. The lowest BCUT2D eigenvalue weighted by molar-refractivity contribution is 0.0730. The van der Waals surface area contributed by atoms with Crippen LogP contribution in [-0.4, -0.2) is 54.9 Å². The van der Waals surface area contributed by atoms with E-state index in [0.717, 1.165) is 27.7 Å². The summed E-state index contributed by atoms with van der Waals surface area (Å²) >= 11 is 1.37. The average molecular weight is 483 g/mol. The zero-order valence-electron chi connectivity index (χ0n) is 17.7. The minimum Gasteiger partial charge on any atom is -0.379 e. The van der Waals surface area contributed by atoms with Crippen molar-refractivity contribution in [3.8, 4) is 11.1 Å². The predicted molar refractivity (Wildman–Crippen MR) is 127 cm³/mol. The summed E-state index contributed by atoms with van der Waals surface area (Å²) in [6.07, 6.45) is 3.62. The van der Waals surface area contributed by atoms with Crippen LogP contribution in [-0.2, 0) is 21.3 Å². The highest BCUT2D eigenvalue weighted by atomic mass is 32.2. The number of carbonyl (C=O) groups excluding carboxylic acids is 1. The molecule has 1 aliphatic heterocycles. The van der Waals surface area contributed by atoms with Crippen molar-refractivity contribution in [3.05, 3.63) is 70.7 Å². The van der Waals surface area contributed by atoms with Crippen LogP contribution in [0, 0.1) is 0 Å². The lowest BCUT2D eigenvalue weighted by Crippen LogP contribution is -2.40. The zero-order chi connectivity index (χ0) is 22.8. The summed E-state index contributed by atoms with van der Waals surface area (Å²) in [6, 6.07) is 12.4. The Bertz CT molecular complexity index is 1400. The molecule has 0 unspecified atom stereocenters. The fourth-order valence-electron chi connectivity index (χ4n) is 3.81. The summed E-state index contributed by atoms with van der Waals surface area (Å²) in [6.45, 7) is 1.71. The molecule has 10 heteroatoms. The zero-order valence-corrected chi connectivity index (χ0v) is 19.3. The van der Waals surface area contributed by atoms with Gasteiger partial charge in [0.1, 0.15) is 5.65 Å². The number of thiophene rings is 1. The highest BCUT2D eigenvalue weighted by Crippen LogP contribution is 2.31. The number of aromatic nitrogens is 2. The predicted octanol–water partition coefficient (Wildman–Crippen LogP) is 3.24. The van der Waals surface area contributed by atoms with Crippen molar-refractivity contribution in [1.29, 1.82) is 0 Å². The molecule has 1 aliphatic rings. The molecule has 0 atom stereocenters. The molecule has 0 saturated carbocycles. The Morgan fingerprint density at radius 3 is 2.88 bits per heavy atom. The number of ether oxygens (including phenoxy) is 1. The third-order valence-corrected chi connectivity index (χ3v) is 8.37. The summed E-state index contributed by atoms with van der Waals surface area (Å²) in [7, 11) is -3.58. The number of rotatable bonds is 6. The Morgan fingerprint density at radius 1 is 1.18 bits per heavy atom. The second-order valence-corrected chi connectivity index (χ2v) is 10.5. The maximum atomic E-state index is 12.9. The van der Waals surface area contributed by atoms with Crippen molar-refractivity contribution in [1.82, 2.24) is 19.6 Å². The van der Waals surface area contributed by atoms with Gasteiger partial charge in [-0.05, 0) is 46.8 Å². The van der Waals surface area contributed by atoms with E-state index in [2.05, 4.69) is 15.3 Å². The lowest BCUT2D eigenvalue weighted by atomic mass is 10.1. The number of hydrogen-bond acceptors (Lipinski definition) is 6. The van der Waals surface area contributed by atoms with E-state index in [9.17, 15) is 13.2 Å². The molecular formula is C23H22N4O4S2. The van der Waals surface area contributed by atoms with Gasteiger partial charge in [0.15, 0.2) is 0 Å². The summed E-state index contributed by atoms with van der Waals surface area (Å²) in [5.41, 5.74) is 3.46. The van der Waals surface area contributed by atoms with Crippen LogP contribution in [0.15, 0.2) is 65.1 Å². The first-order valence-electron chi connectivity index (χ1n) is 10.5. The number of amides is 1. The molecule has 1 saturated heterocycles. The van der Waals surface area contributed by atoms with Crippen LogP contribution < -0.4 is 5.32 Å². The highest BCUT2D eigenvalue weighted by molar-refractivity contribution is 7.89. The van der Waals surface area contributed by atoms with Crippen LogP contribution in [0.4, 0.5) is 0 Å². The van der Waals surface area contributed by atoms with Gasteiger partial charge in [0.25, 0.3) is 5.91 Å². The first kappa shape index (κ1) is 21.8. The SMILES string of the molecule is O=C(NCc1cccc(S(=O)(=O)N2CCOCC2)c1)c1cc(-c2c[nH]c3ncccc23)cs1. The van der Waals surface area contributed by atoms with E-state index >= 15 is 0 Å². The first-order valence-corrected chi connectivity index (χ1v) is 12.8. The number of benzene rings is 1. The number of H-pyrrole nitrogens is 1. The van der Waals surface area contributed by atoms with E-state index in [1.807, 2.05) is 29.8 Å². The monoisotopic (exact) mass is 482 g/mol. The number of pyridine rings is 1. The number of fused-ring (bicyclic) bond motifs is 1. The fraction of sp³-hybridized carbons (Fsp3) is 0.217. The van der Waals surface area contributed by atoms with Gasteiger partial charge in [-0.1, -0.05) is 12.1 Å². The number of carbonyl (C=O) groups is 1. The maximum absolute atomic E-state index is 12.9. The van der Waals surface area contributed by atoms with Crippen molar-refractivity contribution in [2.45, 2.75) is 11.4 Å². The summed E-state index contributed by atoms with van der Waals surface area (Å²) < 4.78 is 32.5. The van der Waals surface area contributed by atoms with Gasteiger partial charge in [0.2, 0.25) is 10.0 Å². The van der Waals surface area contributed by atoms with E-state index < -0.39 is 10.0 Å². The average Bonchev–Trinajstić information content (AvgIpc) is 3.51. The van der Waals surface area contributed by atoms with Gasteiger partial charge >= 0.3 is 0 Å². The second-order valence-electron chi connectivity index (χ2n) is 7.65. The molecule has 5 rings (SSSR count). The maximum Gasteiger partial charge on any atom is 0.261 e. The van der Waals surface area contributed by atoms with E-state index in [1.165, 1.54) is 15.6 Å². The molecule has 170 valence electrons. The van der Waals surface area contributed by atoms with Gasteiger partial charge < -0.3 is 15.0 Å². The Hall–Kier alpha value is -3.05. The third-order valence-electron chi connectivity index (χ3n) is 5.54. The lowest BCUT2D eigenvalue weighted by Gasteiger charge is -2.26. The van der Waals surface area contributed by atoms with Gasteiger partial charge in [0, 0.05) is 43.0 Å². The minimum atomic E-state index is -3.58. The van der Waals surface area contributed by atoms with Crippen LogP contribution in [0.3, 0.4) is 0 Å². The summed E-state index contributed by atoms with van der Waals surface area (Å²) in [5, 5.41) is 5.84. The molecule has 8 nitrogen and oxygen atoms in total. The van der Waals surface area contributed by atoms with Crippen molar-refractivity contribution >= 4 is 38.3 Å². The topological polar surface area (TPSA) is 104 Å². The molecule has 0 aliphatic carbocycles. The number of nitrogens with zero attached hydrogens (tertiary/aromatic N) is 2. The van der Waals surface area contributed by atoms with Crippen LogP contribution in [0.5, 0.6) is 0 Å².